The molecule has 0 heterocycles. The van der Waals surface area contributed by atoms with Crippen LogP contribution in [0.1, 0.15) is 20.3 Å². The molecule has 0 aromatic heterocycles. The Morgan fingerprint density at radius 1 is 1.47 bits per heavy atom. The zero-order chi connectivity index (χ0) is 12.0. The number of aliphatic hydroxyl groups excluding tert-OH is 1. The lowest BCUT2D eigenvalue weighted by atomic mass is 10.2. The first-order chi connectivity index (χ1) is 6.90. The molecule has 2 atom stereocenters. The third kappa shape index (κ3) is 4.64. The van der Waals surface area contributed by atoms with Crippen LogP contribution in [0.15, 0.2) is 0 Å². The van der Waals surface area contributed by atoms with Gasteiger partial charge in [-0.05, 0) is 13.3 Å². The van der Waals surface area contributed by atoms with Crippen molar-refractivity contribution in [3.8, 4) is 0 Å². The van der Waals surface area contributed by atoms with Crippen LogP contribution in [0, 0.1) is 0 Å². The van der Waals surface area contributed by atoms with Crippen molar-refractivity contribution in [3.05, 3.63) is 0 Å². The molecule has 0 bridgehead atoms. The summed E-state index contributed by atoms with van der Waals surface area (Å²) >= 11 is 0. The maximum absolute atomic E-state index is 11.4. The van der Waals surface area contributed by atoms with Gasteiger partial charge in [0.25, 0.3) is 0 Å². The summed E-state index contributed by atoms with van der Waals surface area (Å²) in [6.45, 7) is 3.54. The second-order valence-electron chi connectivity index (χ2n) is 3.41. The third-order valence-electron chi connectivity index (χ3n) is 2.30. The molecule has 0 rings (SSSR count). The minimum Gasteiger partial charge on any atom is -0.479 e. The zero-order valence-electron chi connectivity index (χ0n) is 9.23. The van der Waals surface area contributed by atoms with Gasteiger partial charge in [-0.15, -0.1) is 0 Å². The maximum Gasteiger partial charge on any atom is 0.334 e. The molecule has 3 N–H and O–H groups in total. The molecule has 0 saturated carbocycles. The number of rotatable bonds is 5. The highest BCUT2D eigenvalue weighted by Gasteiger charge is 2.17. The van der Waals surface area contributed by atoms with E-state index in [-0.39, 0.29) is 18.6 Å². The Kier molecular flexibility index (Phi) is 5.69. The van der Waals surface area contributed by atoms with Crippen LogP contribution in [0.2, 0.25) is 0 Å². The number of aliphatic hydroxyl groups is 1. The smallest absolute Gasteiger partial charge is 0.334 e. The topological polar surface area (TPSA) is 89.9 Å². The minimum absolute atomic E-state index is 0.0759. The van der Waals surface area contributed by atoms with Crippen LogP contribution >= 0.6 is 0 Å². The number of urea groups is 1. The van der Waals surface area contributed by atoms with E-state index in [0.29, 0.717) is 0 Å². The van der Waals surface area contributed by atoms with Gasteiger partial charge < -0.3 is 20.4 Å². The number of aliphatic carboxylic acids is 1. The highest BCUT2D eigenvalue weighted by atomic mass is 16.4. The van der Waals surface area contributed by atoms with Crippen molar-refractivity contribution >= 4 is 12.0 Å². The fourth-order valence-corrected chi connectivity index (χ4v) is 0.870. The van der Waals surface area contributed by atoms with E-state index in [1.54, 1.807) is 7.05 Å². The molecule has 0 aromatic carbocycles. The largest absolute Gasteiger partial charge is 0.479 e. The Hall–Kier alpha value is -1.30. The van der Waals surface area contributed by atoms with E-state index in [2.05, 4.69) is 5.32 Å². The van der Waals surface area contributed by atoms with E-state index in [4.69, 9.17) is 10.2 Å². The Morgan fingerprint density at radius 2 is 2.00 bits per heavy atom. The molecule has 6 heteroatoms. The summed E-state index contributed by atoms with van der Waals surface area (Å²) in [6.07, 6.45) is -0.745. The number of amides is 2. The van der Waals surface area contributed by atoms with Crippen LogP contribution in [0.5, 0.6) is 0 Å². The van der Waals surface area contributed by atoms with Gasteiger partial charge in [0, 0.05) is 13.1 Å². The van der Waals surface area contributed by atoms with Gasteiger partial charge in [-0.3, -0.25) is 0 Å². The van der Waals surface area contributed by atoms with Crippen molar-refractivity contribution in [3.63, 3.8) is 0 Å². The summed E-state index contributed by atoms with van der Waals surface area (Å²) in [5, 5.41) is 19.6. The molecule has 0 aliphatic heterocycles. The summed E-state index contributed by atoms with van der Waals surface area (Å²) in [5.41, 5.74) is 0. The normalized spacial score (nSPS) is 14.1. The van der Waals surface area contributed by atoms with Crippen LogP contribution in [0.25, 0.3) is 0 Å². The number of carboxylic acid groups (broad SMARTS) is 1. The van der Waals surface area contributed by atoms with Crippen LogP contribution in [-0.4, -0.2) is 52.9 Å². The van der Waals surface area contributed by atoms with E-state index in [0.717, 1.165) is 6.42 Å². The lowest BCUT2D eigenvalue weighted by Gasteiger charge is -2.24. The predicted molar refractivity (Wildman–Crippen MR) is 54.6 cm³/mol. The second-order valence-corrected chi connectivity index (χ2v) is 3.41. The Balaban J connectivity index is 3.98. The number of hydrogen-bond acceptors (Lipinski definition) is 3. The standard InChI is InChI=1S/C9H18N2O4/c1-4-6(2)11(3)9(15)10-5-7(12)8(13)14/h6-7,12H,4-5H2,1-3H3,(H,10,15)(H,13,14). The summed E-state index contributed by atoms with van der Waals surface area (Å²) in [5.74, 6) is -1.35. The van der Waals surface area contributed by atoms with E-state index < -0.39 is 12.1 Å². The molecule has 0 radical (unpaired) electrons. The predicted octanol–water partition coefficient (Wildman–Crippen LogP) is -0.128. The maximum atomic E-state index is 11.4. The van der Waals surface area contributed by atoms with Gasteiger partial charge in [0.2, 0.25) is 0 Å². The first kappa shape index (κ1) is 13.7. The summed E-state index contributed by atoms with van der Waals surface area (Å²) in [6, 6.07) is -0.309. The lowest BCUT2D eigenvalue weighted by Crippen LogP contribution is -2.45. The average molecular weight is 218 g/mol. The summed E-state index contributed by atoms with van der Waals surface area (Å²) in [7, 11) is 1.62. The summed E-state index contributed by atoms with van der Waals surface area (Å²) in [4.78, 5) is 23.1. The van der Waals surface area contributed by atoms with E-state index >= 15 is 0 Å². The Labute approximate surface area is 88.9 Å². The van der Waals surface area contributed by atoms with Crippen molar-refractivity contribution in [2.75, 3.05) is 13.6 Å². The molecule has 2 amide bonds. The van der Waals surface area contributed by atoms with Gasteiger partial charge in [0.1, 0.15) is 0 Å². The lowest BCUT2D eigenvalue weighted by molar-refractivity contribution is -0.146. The number of carbonyl (C=O) groups is 2. The van der Waals surface area contributed by atoms with Crippen molar-refractivity contribution < 1.29 is 19.8 Å². The molecule has 0 aromatic rings. The zero-order valence-corrected chi connectivity index (χ0v) is 9.23. The average Bonchev–Trinajstić information content (AvgIpc) is 2.22. The number of nitrogens with zero attached hydrogens (tertiary/aromatic N) is 1. The van der Waals surface area contributed by atoms with Gasteiger partial charge in [-0.1, -0.05) is 6.92 Å². The van der Waals surface area contributed by atoms with Crippen LogP contribution in [-0.2, 0) is 4.79 Å². The van der Waals surface area contributed by atoms with Gasteiger partial charge >= 0.3 is 12.0 Å². The second kappa shape index (κ2) is 6.23. The highest BCUT2D eigenvalue weighted by molar-refractivity contribution is 5.76. The molecule has 2 unspecified atom stereocenters. The van der Waals surface area contributed by atoms with E-state index in [1.165, 1.54) is 4.90 Å². The van der Waals surface area contributed by atoms with Gasteiger partial charge in [-0.2, -0.15) is 0 Å². The first-order valence-corrected chi connectivity index (χ1v) is 4.81. The SMILES string of the molecule is CCC(C)N(C)C(=O)NCC(O)C(=O)O. The molecule has 0 aliphatic carbocycles. The molecule has 0 saturated heterocycles. The van der Waals surface area contributed by atoms with E-state index in [9.17, 15) is 9.59 Å². The molecule has 0 fully saturated rings. The van der Waals surface area contributed by atoms with Gasteiger partial charge in [0.15, 0.2) is 6.10 Å². The molecular formula is C9H18N2O4. The molecule has 88 valence electrons. The molecule has 6 nitrogen and oxygen atoms in total. The minimum atomic E-state index is -1.56. The number of carbonyl (C=O) groups excluding carboxylic acids is 1. The van der Waals surface area contributed by atoms with Crippen molar-refractivity contribution in [2.45, 2.75) is 32.4 Å². The first-order valence-electron chi connectivity index (χ1n) is 4.81. The monoisotopic (exact) mass is 218 g/mol. The van der Waals surface area contributed by atoms with Gasteiger partial charge in [-0.25, -0.2) is 9.59 Å². The Morgan fingerprint density at radius 3 is 2.40 bits per heavy atom. The van der Waals surface area contributed by atoms with Crippen LogP contribution in [0.4, 0.5) is 4.79 Å². The molecular weight excluding hydrogens is 200 g/mol. The number of carboxylic acids is 1. The molecule has 0 spiro atoms. The van der Waals surface area contributed by atoms with Crippen molar-refractivity contribution in [2.24, 2.45) is 0 Å². The van der Waals surface area contributed by atoms with Crippen LogP contribution < -0.4 is 5.32 Å². The molecule has 0 aliphatic rings. The fourth-order valence-electron chi connectivity index (χ4n) is 0.870. The summed E-state index contributed by atoms with van der Waals surface area (Å²) < 4.78 is 0. The van der Waals surface area contributed by atoms with Crippen molar-refractivity contribution in [1.82, 2.24) is 10.2 Å². The molecule has 15 heavy (non-hydrogen) atoms. The quantitative estimate of drug-likeness (QED) is 0.599. The van der Waals surface area contributed by atoms with Gasteiger partial charge in [0.05, 0.1) is 6.54 Å². The van der Waals surface area contributed by atoms with E-state index in [1.807, 2.05) is 13.8 Å². The third-order valence-corrected chi connectivity index (χ3v) is 2.30. The Bertz CT molecular complexity index is 232. The van der Waals surface area contributed by atoms with Crippen molar-refractivity contribution in [1.29, 1.82) is 0 Å². The number of hydrogen-bond donors (Lipinski definition) is 3. The number of nitrogens with one attached hydrogen (secondary N) is 1. The highest BCUT2D eigenvalue weighted by Crippen LogP contribution is 1.99. The fraction of sp³-hybridized carbons (Fsp3) is 0.778. The van der Waals surface area contributed by atoms with Crippen LogP contribution in [0.3, 0.4) is 0 Å².